The average molecular weight is 272 g/mol. The number of aliphatic hydroxyl groups is 1. The fourth-order valence-electron chi connectivity index (χ4n) is 1.40. The second-order valence-electron chi connectivity index (χ2n) is 4.47. The molecular formula is C12H17FN2O4. The minimum Gasteiger partial charge on any atom is -0.490 e. The third-order valence-corrected chi connectivity index (χ3v) is 2.89. The zero-order chi connectivity index (χ0) is 14.6. The SMILES string of the molecule is CCC(C)(O)CNc1cc(OC)c([N+](=O)[O-])cc1F. The summed E-state index contributed by atoms with van der Waals surface area (Å²) in [6.45, 7) is 3.54. The predicted octanol–water partition coefficient (Wildman–Crippen LogP) is 2.32. The van der Waals surface area contributed by atoms with Crippen LogP contribution in [0.4, 0.5) is 15.8 Å². The highest BCUT2D eigenvalue weighted by molar-refractivity contribution is 5.59. The minimum atomic E-state index is -0.985. The lowest BCUT2D eigenvalue weighted by molar-refractivity contribution is -0.385. The second kappa shape index (κ2) is 5.83. The molecule has 0 aliphatic carbocycles. The van der Waals surface area contributed by atoms with Crippen LogP contribution in [0.1, 0.15) is 20.3 Å². The van der Waals surface area contributed by atoms with Crippen molar-refractivity contribution in [1.82, 2.24) is 0 Å². The monoisotopic (exact) mass is 272 g/mol. The summed E-state index contributed by atoms with van der Waals surface area (Å²) in [5.41, 5.74) is -1.37. The molecule has 0 bridgehead atoms. The smallest absolute Gasteiger partial charge is 0.313 e. The van der Waals surface area contributed by atoms with E-state index in [0.717, 1.165) is 6.07 Å². The van der Waals surface area contributed by atoms with Gasteiger partial charge in [0, 0.05) is 12.6 Å². The van der Waals surface area contributed by atoms with Crippen LogP contribution in [0, 0.1) is 15.9 Å². The summed E-state index contributed by atoms with van der Waals surface area (Å²) in [4.78, 5) is 9.99. The van der Waals surface area contributed by atoms with Gasteiger partial charge in [-0.2, -0.15) is 0 Å². The maximum Gasteiger partial charge on any atom is 0.313 e. The van der Waals surface area contributed by atoms with Crippen LogP contribution >= 0.6 is 0 Å². The maximum absolute atomic E-state index is 13.7. The van der Waals surface area contributed by atoms with E-state index in [1.165, 1.54) is 13.2 Å². The highest BCUT2D eigenvalue weighted by atomic mass is 19.1. The van der Waals surface area contributed by atoms with Crippen LogP contribution in [-0.2, 0) is 0 Å². The molecule has 1 aromatic carbocycles. The molecule has 6 nitrogen and oxygen atoms in total. The van der Waals surface area contributed by atoms with Crippen LogP contribution < -0.4 is 10.1 Å². The molecule has 2 N–H and O–H groups in total. The van der Waals surface area contributed by atoms with E-state index in [1.807, 2.05) is 0 Å². The number of nitro groups is 1. The summed E-state index contributed by atoms with van der Waals surface area (Å²) in [6.07, 6.45) is 0.492. The molecule has 19 heavy (non-hydrogen) atoms. The first-order valence-electron chi connectivity index (χ1n) is 5.79. The summed E-state index contributed by atoms with van der Waals surface area (Å²) in [6, 6.07) is 2.00. The Morgan fingerprint density at radius 2 is 2.21 bits per heavy atom. The van der Waals surface area contributed by atoms with Crippen LogP contribution in [0.15, 0.2) is 12.1 Å². The predicted molar refractivity (Wildman–Crippen MR) is 69.0 cm³/mol. The van der Waals surface area contributed by atoms with Gasteiger partial charge in [-0.15, -0.1) is 0 Å². The Morgan fingerprint density at radius 3 is 2.68 bits per heavy atom. The average Bonchev–Trinajstić information content (AvgIpc) is 2.36. The summed E-state index contributed by atoms with van der Waals surface area (Å²) >= 11 is 0. The Hall–Kier alpha value is -1.89. The number of halogens is 1. The maximum atomic E-state index is 13.7. The van der Waals surface area contributed by atoms with Gasteiger partial charge in [-0.3, -0.25) is 10.1 Å². The van der Waals surface area contributed by atoms with Gasteiger partial charge < -0.3 is 15.2 Å². The van der Waals surface area contributed by atoms with Crippen molar-refractivity contribution in [2.45, 2.75) is 25.9 Å². The van der Waals surface area contributed by atoms with Gasteiger partial charge in [0.15, 0.2) is 11.6 Å². The van der Waals surface area contributed by atoms with Crippen molar-refractivity contribution in [2.24, 2.45) is 0 Å². The van der Waals surface area contributed by atoms with Crippen molar-refractivity contribution in [2.75, 3.05) is 19.0 Å². The Bertz CT molecular complexity index is 477. The second-order valence-corrected chi connectivity index (χ2v) is 4.47. The number of benzene rings is 1. The Balaban J connectivity index is 3.00. The van der Waals surface area contributed by atoms with E-state index in [0.29, 0.717) is 6.42 Å². The van der Waals surface area contributed by atoms with Gasteiger partial charge in [-0.05, 0) is 13.3 Å². The van der Waals surface area contributed by atoms with E-state index in [-0.39, 0.29) is 18.0 Å². The van der Waals surface area contributed by atoms with Gasteiger partial charge in [0.25, 0.3) is 0 Å². The van der Waals surface area contributed by atoms with Crippen LogP contribution in [-0.4, -0.2) is 29.3 Å². The van der Waals surface area contributed by atoms with Crippen molar-refractivity contribution in [3.8, 4) is 5.75 Å². The Morgan fingerprint density at radius 1 is 1.58 bits per heavy atom. The summed E-state index contributed by atoms with van der Waals surface area (Å²) in [5.74, 6) is -0.801. The summed E-state index contributed by atoms with van der Waals surface area (Å²) in [5, 5.41) is 23.2. The molecule has 0 aliphatic rings. The van der Waals surface area contributed by atoms with Crippen LogP contribution in [0.2, 0.25) is 0 Å². The number of ether oxygens (including phenoxy) is 1. The lowest BCUT2D eigenvalue weighted by Crippen LogP contribution is -2.32. The van der Waals surface area contributed by atoms with Gasteiger partial charge >= 0.3 is 5.69 Å². The largest absolute Gasteiger partial charge is 0.490 e. The van der Waals surface area contributed by atoms with Crippen molar-refractivity contribution in [1.29, 1.82) is 0 Å². The lowest BCUT2D eigenvalue weighted by atomic mass is 10.0. The number of rotatable bonds is 6. The quantitative estimate of drug-likeness (QED) is 0.613. The minimum absolute atomic E-state index is 0.0370. The first kappa shape index (κ1) is 15.2. The molecule has 1 aromatic rings. The van der Waals surface area contributed by atoms with Gasteiger partial charge in [0.1, 0.15) is 0 Å². The number of hydrogen-bond donors (Lipinski definition) is 2. The molecule has 0 spiro atoms. The molecule has 0 amide bonds. The van der Waals surface area contributed by atoms with Gasteiger partial charge in [-0.1, -0.05) is 6.92 Å². The number of nitro benzene ring substituents is 1. The Labute approximate surface area is 110 Å². The molecule has 1 atom stereocenters. The first-order valence-corrected chi connectivity index (χ1v) is 5.79. The molecule has 0 saturated heterocycles. The van der Waals surface area contributed by atoms with Crippen molar-refractivity contribution >= 4 is 11.4 Å². The van der Waals surface area contributed by atoms with Crippen molar-refractivity contribution < 1.29 is 19.2 Å². The molecule has 0 fully saturated rings. The zero-order valence-corrected chi connectivity index (χ0v) is 11.1. The normalized spacial score (nSPS) is 13.7. The molecule has 7 heteroatoms. The molecule has 1 rings (SSSR count). The molecule has 0 radical (unpaired) electrons. The number of anilines is 1. The molecule has 0 aliphatic heterocycles. The van der Waals surface area contributed by atoms with Crippen LogP contribution in [0.5, 0.6) is 5.75 Å². The van der Waals surface area contributed by atoms with E-state index in [2.05, 4.69) is 5.32 Å². The molecule has 106 valence electrons. The number of hydrogen-bond acceptors (Lipinski definition) is 5. The fraction of sp³-hybridized carbons (Fsp3) is 0.500. The topological polar surface area (TPSA) is 84.6 Å². The van der Waals surface area contributed by atoms with Crippen molar-refractivity contribution in [3.05, 3.63) is 28.1 Å². The number of nitrogens with zero attached hydrogens (tertiary/aromatic N) is 1. The van der Waals surface area contributed by atoms with E-state index in [4.69, 9.17) is 4.74 Å². The van der Waals surface area contributed by atoms with E-state index in [1.54, 1.807) is 13.8 Å². The molecule has 1 unspecified atom stereocenters. The Kier molecular flexibility index (Phi) is 4.66. The third kappa shape index (κ3) is 3.78. The first-order chi connectivity index (χ1) is 8.80. The van der Waals surface area contributed by atoms with Crippen LogP contribution in [0.3, 0.4) is 0 Å². The summed E-state index contributed by atoms with van der Waals surface area (Å²) in [7, 11) is 1.27. The fourth-order valence-corrected chi connectivity index (χ4v) is 1.40. The van der Waals surface area contributed by atoms with Crippen LogP contribution in [0.25, 0.3) is 0 Å². The highest BCUT2D eigenvalue weighted by Gasteiger charge is 2.21. The molecule has 0 saturated carbocycles. The number of nitrogens with one attached hydrogen (secondary N) is 1. The van der Waals surface area contributed by atoms with Crippen molar-refractivity contribution in [3.63, 3.8) is 0 Å². The van der Waals surface area contributed by atoms with Gasteiger partial charge in [0.2, 0.25) is 0 Å². The van der Waals surface area contributed by atoms with E-state index in [9.17, 15) is 19.6 Å². The lowest BCUT2D eigenvalue weighted by Gasteiger charge is -2.22. The van der Waals surface area contributed by atoms with Gasteiger partial charge in [-0.25, -0.2) is 4.39 Å². The molecule has 0 heterocycles. The highest BCUT2D eigenvalue weighted by Crippen LogP contribution is 2.32. The summed E-state index contributed by atoms with van der Waals surface area (Å²) < 4.78 is 18.6. The zero-order valence-electron chi connectivity index (χ0n) is 11.1. The molecule has 0 aromatic heterocycles. The number of methoxy groups -OCH3 is 1. The third-order valence-electron chi connectivity index (χ3n) is 2.89. The van der Waals surface area contributed by atoms with Gasteiger partial charge in [0.05, 0.1) is 29.4 Å². The molecular weight excluding hydrogens is 255 g/mol. The standard InChI is InChI=1S/C12H17FN2O4/c1-4-12(2,16)7-14-9-6-11(19-3)10(15(17)18)5-8(9)13/h5-6,14,16H,4,7H2,1-3H3. The van der Waals surface area contributed by atoms with E-state index < -0.39 is 22.0 Å². The van der Waals surface area contributed by atoms with E-state index >= 15 is 0 Å².